The summed E-state index contributed by atoms with van der Waals surface area (Å²) in [6.45, 7) is 3.83. The zero-order chi connectivity index (χ0) is 29.0. The van der Waals surface area contributed by atoms with Crippen LogP contribution in [0.2, 0.25) is 0 Å². The second-order valence-electron chi connectivity index (χ2n) is 10.0. The van der Waals surface area contributed by atoms with Gasteiger partial charge >= 0.3 is 0 Å². The molecule has 0 aliphatic heterocycles. The number of nitrogen functional groups attached to an aromatic ring is 1. The minimum absolute atomic E-state index is 0.00460. The van der Waals surface area contributed by atoms with Crippen molar-refractivity contribution >= 4 is 40.6 Å². The number of rotatable bonds is 9. The minimum Gasteiger partial charge on any atom is -0.493 e. The summed E-state index contributed by atoms with van der Waals surface area (Å²) in [5, 5.41) is 3.18. The number of amides is 3. The Balaban J connectivity index is 1.91. The Kier molecular flexibility index (Phi) is 8.93. The van der Waals surface area contributed by atoms with Gasteiger partial charge in [-0.2, -0.15) is 4.37 Å². The zero-order valence-corrected chi connectivity index (χ0v) is 24.0. The monoisotopic (exact) mass is 565 g/mol. The van der Waals surface area contributed by atoms with Gasteiger partial charge in [0.2, 0.25) is 5.91 Å². The Bertz CT molecular complexity index is 1400. The number of benzene rings is 2. The standard InChI is InChI=1S/C29H35N5O5S/c1-16-12-17(2)14-20(13-16)34(29(37)26-23(30)24(27(31)35)33-40-26)25(28(36)32-19-8-6-5-7-9-19)18-10-11-21(38-3)22(15-18)39-4/h10-15,19,25H,5-9,30H2,1-4H3,(H2,31,35)(H,32,36)/t25-/m1/s1. The van der Waals surface area contributed by atoms with Crippen LogP contribution >= 0.6 is 11.5 Å². The van der Waals surface area contributed by atoms with Crippen molar-refractivity contribution in [1.82, 2.24) is 9.69 Å². The summed E-state index contributed by atoms with van der Waals surface area (Å²) < 4.78 is 15.0. The van der Waals surface area contributed by atoms with E-state index in [1.54, 1.807) is 18.2 Å². The first-order valence-corrected chi connectivity index (χ1v) is 13.9. The van der Waals surface area contributed by atoms with E-state index in [-0.39, 0.29) is 28.2 Å². The van der Waals surface area contributed by atoms with Gasteiger partial charge in [0.25, 0.3) is 11.8 Å². The largest absolute Gasteiger partial charge is 0.493 e. The number of ether oxygens (including phenoxy) is 2. The fourth-order valence-electron chi connectivity index (χ4n) is 5.18. The number of anilines is 2. The number of aromatic nitrogens is 1. The molecule has 0 saturated heterocycles. The maximum absolute atomic E-state index is 14.3. The van der Waals surface area contributed by atoms with Crippen molar-refractivity contribution in [2.24, 2.45) is 5.73 Å². The molecule has 1 aliphatic carbocycles. The van der Waals surface area contributed by atoms with Crippen molar-refractivity contribution in [2.75, 3.05) is 24.9 Å². The van der Waals surface area contributed by atoms with Gasteiger partial charge in [-0.05, 0) is 79.2 Å². The summed E-state index contributed by atoms with van der Waals surface area (Å²) in [6, 6.07) is 9.66. The molecule has 1 aliphatic rings. The number of primary amides is 1. The lowest BCUT2D eigenvalue weighted by Crippen LogP contribution is -2.47. The van der Waals surface area contributed by atoms with Crippen LogP contribution in [0.5, 0.6) is 11.5 Å². The molecule has 10 nitrogen and oxygen atoms in total. The molecule has 1 fully saturated rings. The van der Waals surface area contributed by atoms with E-state index in [4.69, 9.17) is 20.9 Å². The molecule has 1 heterocycles. The number of nitrogens with one attached hydrogen (secondary N) is 1. The van der Waals surface area contributed by atoms with Crippen LogP contribution in [0.4, 0.5) is 11.4 Å². The second kappa shape index (κ2) is 12.4. The second-order valence-corrected chi connectivity index (χ2v) is 10.8. The number of nitrogens with two attached hydrogens (primary N) is 2. The van der Waals surface area contributed by atoms with E-state index in [0.717, 1.165) is 54.8 Å². The number of nitrogens with zero attached hydrogens (tertiary/aromatic N) is 2. The highest BCUT2D eigenvalue weighted by Gasteiger charge is 2.37. The fourth-order valence-corrected chi connectivity index (χ4v) is 5.92. The van der Waals surface area contributed by atoms with Crippen LogP contribution in [-0.2, 0) is 4.79 Å². The highest BCUT2D eigenvalue weighted by Crippen LogP contribution is 2.37. The van der Waals surface area contributed by atoms with Crippen molar-refractivity contribution in [3.63, 3.8) is 0 Å². The van der Waals surface area contributed by atoms with Crippen molar-refractivity contribution in [2.45, 2.75) is 58.0 Å². The first kappa shape index (κ1) is 28.9. The summed E-state index contributed by atoms with van der Waals surface area (Å²) in [5.74, 6) is -0.857. The van der Waals surface area contributed by atoms with Crippen LogP contribution in [0, 0.1) is 13.8 Å². The molecule has 3 aromatic rings. The zero-order valence-electron chi connectivity index (χ0n) is 23.2. The molecule has 11 heteroatoms. The molecule has 0 spiro atoms. The summed E-state index contributed by atoms with van der Waals surface area (Å²) in [4.78, 5) is 41.8. The third kappa shape index (κ3) is 6.04. The van der Waals surface area contributed by atoms with Gasteiger partial charge in [0.05, 0.1) is 19.9 Å². The molecule has 1 saturated carbocycles. The van der Waals surface area contributed by atoms with Gasteiger partial charge in [0.15, 0.2) is 17.2 Å². The molecular weight excluding hydrogens is 530 g/mol. The molecule has 212 valence electrons. The molecule has 4 rings (SSSR count). The molecule has 1 aromatic heterocycles. The fraction of sp³-hybridized carbons (Fsp3) is 0.379. The van der Waals surface area contributed by atoms with Crippen LogP contribution in [0.3, 0.4) is 0 Å². The van der Waals surface area contributed by atoms with Gasteiger partial charge in [-0.1, -0.05) is 31.4 Å². The normalized spacial score (nSPS) is 14.3. The minimum atomic E-state index is -1.10. The summed E-state index contributed by atoms with van der Waals surface area (Å²) in [6.07, 6.45) is 4.92. The van der Waals surface area contributed by atoms with Gasteiger partial charge in [-0.25, -0.2) is 0 Å². The Hall–Kier alpha value is -4.12. The molecule has 2 aromatic carbocycles. The number of aryl methyl sites for hydroxylation is 2. The van der Waals surface area contributed by atoms with Crippen LogP contribution < -0.4 is 31.2 Å². The lowest BCUT2D eigenvalue weighted by Gasteiger charge is -2.34. The Morgan fingerprint density at radius 1 is 1.00 bits per heavy atom. The lowest BCUT2D eigenvalue weighted by molar-refractivity contribution is -0.123. The highest BCUT2D eigenvalue weighted by molar-refractivity contribution is 7.09. The van der Waals surface area contributed by atoms with Gasteiger partial charge in [0, 0.05) is 11.7 Å². The molecule has 5 N–H and O–H groups in total. The number of carbonyl (C=O) groups is 3. The number of methoxy groups -OCH3 is 2. The predicted molar refractivity (Wildman–Crippen MR) is 155 cm³/mol. The van der Waals surface area contributed by atoms with Gasteiger partial charge < -0.3 is 26.3 Å². The third-order valence-corrected chi connectivity index (χ3v) is 7.89. The van der Waals surface area contributed by atoms with E-state index in [0.29, 0.717) is 22.7 Å². The maximum atomic E-state index is 14.3. The maximum Gasteiger partial charge on any atom is 0.273 e. The Morgan fingerprint density at radius 2 is 1.65 bits per heavy atom. The average molecular weight is 566 g/mol. The van der Waals surface area contributed by atoms with Crippen LogP contribution in [0.1, 0.15) is 75.0 Å². The molecule has 1 atom stereocenters. The first-order chi connectivity index (χ1) is 19.1. The molecule has 40 heavy (non-hydrogen) atoms. The van der Waals surface area contributed by atoms with Crippen molar-refractivity contribution in [3.05, 3.63) is 63.7 Å². The van der Waals surface area contributed by atoms with E-state index < -0.39 is 17.9 Å². The third-order valence-electron chi connectivity index (χ3n) is 7.04. The number of hydrogen-bond donors (Lipinski definition) is 3. The van der Waals surface area contributed by atoms with Gasteiger partial charge in [0.1, 0.15) is 10.9 Å². The van der Waals surface area contributed by atoms with E-state index in [2.05, 4.69) is 9.69 Å². The van der Waals surface area contributed by atoms with Crippen molar-refractivity contribution in [1.29, 1.82) is 0 Å². The summed E-state index contributed by atoms with van der Waals surface area (Å²) >= 11 is 0.774. The average Bonchev–Trinajstić information content (AvgIpc) is 3.32. The van der Waals surface area contributed by atoms with Crippen LogP contribution in [0.15, 0.2) is 36.4 Å². The molecule has 0 radical (unpaired) electrons. The molecular formula is C29H35N5O5S. The molecule has 3 amide bonds. The SMILES string of the molecule is COc1ccc([C@H](C(=O)NC2CCCCC2)N(C(=O)c2snc(C(N)=O)c2N)c2cc(C)cc(C)c2)cc1OC. The van der Waals surface area contributed by atoms with Crippen LogP contribution in [-0.4, -0.2) is 42.4 Å². The summed E-state index contributed by atoms with van der Waals surface area (Å²) in [7, 11) is 3.04. The van der Waals surface area contributed by atoms with Crippen molar-refractivity contribution in [3.8, 4) is 11.5 Å². The van der Waals surface area contributed by atoms with E-state index in [1.165, 1.54) is 19.1 Å². The lowest BCUT2D eigenvalue weighted by atomic mass is 9.94. The Morgan fingerprint density at radius 3 is 2.23 bits per heavy atom. The summed E-state index contributed by atoms with van der Waals surface area (Å²) in [5.41, 5.74) is 14.1. The number of hydrogen-bond acceptors (Lipinski definition) is 8. The molecule has 0 unspecified atom stereocenters. The van der Waals surface area contributed by atoms with Gasteiger partial charge in [-0.3, -0.25) is 19.3 Å². The van der Waals surface area contributed by atoms with Crippen molar-refractivity contribution < 1.29 is 23.9 Å². The Labute approximate surface area is 237 Å². The highest BCUT2D eigenvalue weighted by atomic mass is 32.1. The molecule has 0 bridgehead atoms. The van der Waals surface area contributed by atoms with E-state index >= 15 is 0 Å². The smallest absolute Gasteiger partial charge is 0.273 e. The topological polar surface area (TPSA) is 150 Å². The first-order valence-electron chi connectivity index (χ1n) is 13.1. The van der Waals surface area contributed by atoms with Crippen LogP contribution in [0.25, 0.3) is 0 Å². The number of carbonyl (C=O) groups excluding carboxylic acids is 3. The quantitative estimate of drug-likeness (QED) is 0.350. The van der Waals surface area contributed by atoms with Gasteiger partial charge in [-0.15, -0.1) is 0 Å². The van der Waals surface area contributed by atoms with E-state index in [9.17, 15) is 14.4 Å². The van der Waals surface area contributed by atoms with E-state index in [1.807, 2.05) is 32.0 Å². The predicted octanol–water partition coefficient (Wildman–Crippen LogP) is 4.30.